The van der Waals surface area contributed by atoms with E-state index in [9.17, 15) is 0 Å². The molecule has 86 valence electrons. The number of fused-ring (bicyclic) bond motifs is 3. The molecule has 0 amide bonds. The second kappa shape index (κ2) is 3.88. The predicted molar refractivity (Wildman–Crippen MR) is 80.0 cm³/mol. The van der Waals surface area contributed by atoms with Gasteiger partial charge in [-0.1, -0.05) is 18.2 Å². The Morgan fingerprint density at radius 1 is 0.944 bits per heavy atom. The number of aromatic nitrogens is 3. The second-order valence-electron chi connectivity index (χ2n) is 3.93. The van der Waals surface area contributed by atoms with Crippen LogP contribution in [0.25, 0.3) is 28.1 Å². The van der Waals surface area contributed by atoms with Crippen molar-refractivity contribution in [1.29, 1.82) is 0 Å². The van der Waals surface area contributed by atoms with Crippen LogP contribution in [0.4, 0.5) is 5.82 Å². The standard InChI is InChI=1S/C13H7IN4/c1-2-4-9-8(3-1)7-11-12(16-9)17-13-10(15-11)5-6-14-18-13/h1-7H. The molecule has 0 atom stereocenters. The first kappa shape index (κ1) is 10.2. The molecule has 0 unspecified atom stereocenters. The molecule has 4 nitrogen and oxygen atoms in total. The summed E-state index contributed by atoms with van der Waals surface area (Å²) in [5.74, 6) is 0.737. The van der Waals surface area contributed by atoms with E-state index in [1.165, 1.54) is 0 Å². The predicted octanol–water partition coefficient (Wildman–Crippen LogP) is 3.95. The van der Waals surface area contributed by atoms with Gasteiger partial charge in [0, 0.05) is 26.4 Å². The molecule has 4 rings (SSSR count). The fraction of sp³-hybridized carbons (Fsp3) is 0. The summed E-state index contributed by atoms with van der Waals surface area (Å²) < 4.78 is 6.53. The monoisotopic (exact) mass is 346 g/mol. The van der Waals surface area contributed by atoms with Gasteiger partial charge in [-0.25, -0.2) is 18.1 Å². The van der Waals surface area contributed by atoms with Crippen molar-refractivity contribution in [2.45, 2.75) is 0 Å². The summed E-state index contributed by atoms with van der Waals surface area (Å²) >= 11 is -0.252. The highest BCUT2D eigenvalue weighted by atomic mass is 127. The lowest BCUT2D eigenvalue weighted by Gasteiger charge is -2.05. The second-order valence-corrected chi connectivity index (χ2v) is 5.69. The third-order valence-corrected chi connectivity index (χ3v) is 4.19. The Balaban J connectivity index is 2.12. The summed E-state index contributed by atoms with van der Waals surface area (Å²) in [4.78, 5) is 13.6. The summed E-state index contributed by atoms with van der Waals surface area (Å²) in [7, 11) is 0. The van der Waals surface area contributed by atoms with Gasteiger partial charge in [0.15, 0.2) is 11.5 Å². The molecule has 1 aliphatic rings. The van der Waals surface area contributed by atoms with Crippen molar-refractivity contribution in [2.24, 2.45) is 3.15 Å². The van der Waals surface area contributed by atoms with Gasteiger partial charge in [-0.3, -0.25) is 0 Å². The highest BCUT2D eigenvalue weighted by Crippen LogP contribution is 2.29. The molecular formula is C13H7IN4. The van der Waals surface area contributed by atoms with E-state index in [1.54, 1.807) is 0 Å². The van der Waals surface area contributed by atoms with Crippen molar-refractivity contribution in [3.05, 3.63) is 40.1 Å². The van der Waals surface area contributed by atoms with Gasteiger partial charge >= 0.3 is 0 Å². The maximum atomic E-state index is 4.58. The zero-order valence-corrected chi connectivity index (χ0v) is 11.4. The Bertz CT molecular complexity index is 769. The number of pyridine rings is 1. The molecule has 0 bridgehead atoms. The average Bonchev–Trinajstić information content (AvgIpc) is 2.42. The van der Waals surface area contributed by atoms with Crippen molar-refractivity contribution >= 4 is 55.0 Å². The minimum atomic E-state index is -0.252. The quantitative estimate of drug-likeness (QED) is 0.458. The first-order valence-corrected chi connectivity index (χ1v) is 7.69. The molecule has 0 spiro atoms. The number of nitrogens with zero attached hydrogens (tertiary/aromatic N) is 4. The molecule has 0 saturated carbocycles. The van der Waals surface area contributed by atoms with E-state index in [2.05, 4.69) is 22.2 Å². The zero-order chi connectivity index (χ0) is 11.9. The van der Waals surface area contributed by atoms with Crippen molar-refractivity contribution in [3.8, 4) is 0 Å². The SMILES string of the molecule is C1=Cc2nc3cc4ccccc4nc3nc2N=I1. The lowest BCUT2D eigenvalue weighted by Crippen LogP contribution is -1.93. The van der Waals surface area contributed by atoms with E-state index in [-0.39, 0.29) is 21.0 Å². The molecule has 0 aliphatic carbocycles. The average molecular weight is 346 g/mol. The van der Waals surface area contributed by atoms with Gasteiger partial charge in [0.2, 0.25) is 0 Å². The lowest BCUT2D eigenvalue weighted by atomic mass is 10.2. The minimum absolute atomic E-state index is 0.252. The van der Waals surface area contributed by atoms with E-state index >= 15 is 0 Å². The summed E-state index contributed by atoms with van der Waals surface area (Å²) in [6.45, 7) is 0. The van der Waals surface area contributed by atoms with E-state index in [0.29, 0.717) is 5.65 Å². The molecule has 5 heteroatoms. The van der Waals surface area contributed by atoms with Crippen LogP contribution in [0.1, 0.15) is 5.69 Å². The van der Waals surface area contributed by atoms with Crippen molar-refractivity contribution < 1.29 is 0 Å². The van der Waals surface area contributed by atoms with Crippen LogP contribution in [0.5, 0.6) is 0 Å². The molecule has 0 N–H and O–H groups in total. The Kier molecular flexibility index (Phi) is 2.19. The first-order valence-electron chi connectivity index (χ1n) is 5.48. The van der Waals surface area contributed by atoms with Gasteiger partial charge in [-0.2, -0.15) is 0 Å². The molecule has 3 aromatic rings. The highest BCUT2D eigenvalue weighted by molar-refractivity contribution is 14.2. The maximum Gasteiger partial charge on any atom is 0.185 e. The van der Waals surface area contributed by atoms with Crippen LogP contribution in [0.2, 0.25) is 0 Å². The molecule has 0 saturated heterocycles. The van der Waals surface area contributed by atoms with Crippen LogP contribution in [-0.4, -0.2) is 15.0 Å². The third-order valence-electron chi connectivity index (χ3n) is 2.77. The Hall–Kier alpha value is -1.76. The third kappa shape index (κ3) is 1.54. The molecule has 1 aliphatic heterocycles. The van der Waals surface area contributed by atoms with Gasteiger partial charge in [-0.05, 0) is 22.3 Å². The van der Waals surface area contributed by atoms with Gasteiger partial charge in [-0.15, -0.1) is 0 Å². The molecule has 18 heavy (non-hydrogen) atoms. The van der Waals surface area contributed by atoms with Gasteiger partial charge in [0.25, 0.3) is 0 Å². The summed E-state index contributed by atoms with van der Waals surface area (Å²) in [6, 6.07) is 10.0. The number of hydrogen-bond donors (Lipinski definition) is 0. The van der Waals surface area contributed by atoms with E-state index in [4.69, 9.17) is 0 Å². The van der Waals surface area contributed by atoms with Crippen LogP contribution in [0, 0.1) is 0 Å². The number of hydrogen-bond acceptors (Lipinski definition) is 4. The zero-order valence-electron chi connectivity index (χ0n) is 9.21. The normalized spacial score (nSPS) is 13.6. The van der Waals surface area contributed by atoms with Crippen LogP contribution in [0.15, 0.2) is 37.6 Å². The molecule has 1 aromatic carbocycles. The topological polar surface area (TPSA) is 51.0 Å². The van der Waals surface area contributed by atoms with E-state index in [1.807, 2.05) is 36.4 Å². The fourth-order valence-electron chi connectivity index (χ4n) is 1.93. The number of halogens is 1. The van der Waals surface area contributed by atoms with Gasteiger partial charge in [0.1, 0.15) is 11.2 Å². The molecule has 3 heterocycles. The molecular weight excluding hydrogens is 339 g/mol. The van der Waals surface area contributed by atoms with Crippen LogP contribution < -0.4 is 0 Å². The minimum Gasteiger partial charge on any atom is -0.241 e. The highest BCUT2D eigenvalue weighted by Gasteiger charge is 2.09. The summed E-state index contributed by atoms with van der Waals surface area (Å²) in [6.07, 6.45) is 2.01. The summed E-state index contributed by atoms with van der Waals surface area (Å²) in [5.41, 5.74) is 3.30. The number of rotatable bonds is 0. The molecule has 0 radical (unpaired) electrons. The van der Waals surface area contributed by atoms with Gasteiger partial charge in [0.05, 0.1) is 5.52 Å². The van der Waals surface area contributed by atoms with Crippen molar-refractivity contribution in [2.75, 3.05) is 0 Å². The largest absolute Gasteiger partial charge is 0.241 e. The van der Waals surface area contributed by atoms with Crippen LogP contribution in [0.3, 0.4) is 0 Å². The molecule has 2 aromatic heterocycles. The summed E-state index contributed by atoms with van der Waals surface area (Å²) in [5, 5.41) is 1.09. The maximum absolute atomic E-state index is 4.58. The molecule has 0 fully saturated rings. The Labute approximate surface area is 113 Å². The lowest BCUT2D eigenvalue weighted by molar-refractivity contribution is 1.21. The smallest absolute Gasteiger partial charge is 0.185 e. The fourth-order valence-corrected chi connectivity index (χ4v) is 3.21. The Morgan fingerprint density at radius 3 is 2.89 bits per heavy atom. The number of para-hydroxylation sites is 1. The number of benzene rings is 1. The van der Waals surface area contributed by atoms with E-state index < -0.39 is 0 Å². The van der Waals surface area contributed by atoms with Crippen LogP contribution in [-0.2, 0) is 0 Å². The Morgan fingerprint density at radius 2 is 1.89 bits per heavy atom. The van der Waals surface area contributed by atoms with E-state index in [0.717, 1.165) is 27.9 Å². The van der Waals surface area contributed by atoms with Crippen molar-refractivity contribution in [1.82, 2.24) is 15.0 Å². The van der Waals surface area contributed by atoms with Crippen molar-refractivity contribution in [3.63, 3.8) is 0 Å². The van der Waals surface area contributed by atoms with Crippen LogP contribution >= 0.6 is 21.0 Å². The van der Waals surface area contributed by atoms with Gasteiger partial charge < -0.3 is 0 Å². The first-order chi connectivity index (χ1) is 8.90.